The van der Waals surface area contributed by atoms with Crippen LogP contribution in [0.5, 0.6) is 0 Å². The maximum Gasteiger partial charge on any atom is 0.326 e. The molecule has 0 fully saturated rings. The van der Waals surface area contributed by atoms with Crippen LogP contribution in [0.1, 0.15) is 31.3 Å². The van der Waals surface area contributed by atoms with Gasteiger partial charge in [-0.15, -0.1) is 0 Å². The average Bonchev–Trinajstić information content (AvgIpc) is 3.31. The van der Waals surface area contributed by atoms with Gasteiger partial charge in [-0.05, 0) is 43.2 Å². The van der Waals surface area contributed by atoms with Crippen LogP contribution in [0.25, 0.3) is 22.4 Å². The Balaban J connectivity index is 1.65. The van der Waals surface area contributed by atoms with E-state index in [2.05, 4.69) is 19.8 Å². The largest absolute Gasteiger partial charge is 0.337 e. The Morgan fingerprint density at radius 1 is 1.13 bits per heavy atom. The maximum atomic E-state index is 12.9. The molecule has 0 saturated heterocycles. The molecule has 0 spiro atoms. The summed E-state index contributed by atoms with van der Waals surface area (Å²) >= 11 is 0. The Morgan fingerprint density at radius 3 is 2.52 bits per heavy atom. The summed E-state index contributed by atoms with van der Waals surface area (Å²) in [5.41, 5.74) is 2.80. The van der Waals surface area contributed by atoms with Crippen LogP contribution in [0.2, 0.25) is 0 Å². The van der Waals surface area contributed by atoms with Gasteiger partial charge < -0.3 is 9.51 Å². The number of imidazole rings is 1. The summed E-state index contributed by atoms with van der Waals surface area (Å²) in [4.78, 5) is 19.2. The minimum atomic E-state index is -3.78. The van der Waals surface area contributed by atoms with E-state index in [0.29, 0.717) is 16.9 Å². The molecule has 162 valence electrons. The summed E-state index contributed by atoms with van der Waals surface area (Å²) in [6, 6.07) is 11.2. The fourth-order valence-electron chi connectivity index (χ4n) is 3.28. The molecule has 2 heterocycles. The molecule has 0 aliphatic rings. The zero-order valence-corrected chi connectivity index (χ0v) is 18.4. The monoisotopic (exact) mass is 441 g/mol. The van der Waals surface area contributed by atoms with Gasteiger partial charge in [-0.1, -0.05) is 36.7 Å². The normalized spacial score (nSPS) is 13.2. The number of fused-ring (bicyclic) bond motifs is 1. The molecular weight excluding hydrogens is 418 g/mol. The third-order valence-corrected chi connectivity index (χ3v) is 6.61. The number of aromatic amines is 1. The molecule has 1 atom stereocenters. The van der Waals surface area contributed by atoms with Crippen molar-refractivity contribution in [1.82, 2.24) is 24.4 Å². The van der Waals surface area contributed by atoms with Gasteiger partial charge in [0.15, 0.2) is 0 Å². The van der Waals surface area contributed by atoms with Gasteiger partial charge in [0.25, 0.3) is 0 Å². The standard InChI is InChI=1S/C21H23N5O4S/c1-12(2)18(25-31(28,29)15-8-5-13(3)6-9-15)20-23-19(24-30-20)14-7-10-17-16(11-14)22-21(27)26(17)4/h5-12,18,25H,1-4H3,(H,22,27). The van der Waals surface area contributed by atoms with Crippen LogP contribution in [-0.2, 0) is 17.1 Å². The molecule has 4 rings (SSSR count). The molecule has 2 N–H and O–H groups in total. The van der Waals surface area contributed by atoms with Crippen molar-refractivity contribution in [3.05, 3.63) is 64.4 Å². The molecule has 0 radical (unpaired) electrons. The summed E-state index contributed by atoms with van der Waals surface area (Å²) in [5.74, 6) is 0.339. The summed E-state index contributed by atoms with van der Waals surface area (Å²) < 4.78 is 35.3. The van der Waals surface area contributed by atoms with Crippen molar-refractivity contribution in [2.45, 2.75) is 31.7 Å². The molecule has 2 aromatic heterocycles. The number of nitrogens with zero attached hydrogens (tertiary/aromatic N) is 3. The number of H-pyrrole nitrogens is 1. The van der Waals surface area contributed by atoms with Gasteiger partial charge in [0, 0.05) is 12.6 Å². The highest BCUT2D eigenvalue weighted by Gasteiger charge is 2.29. The van der Waals surface area contributed by atoms with Gasteiger partial charge in [-0.3, -0.25) is 4.57 Å². The molecule has 9 nitrogen and oxygen atoms in total. The second-order valence-electron chi connectivity index (χ2n) is 7.83. The lowest BCUT2D eigenvalue weighted by molar-refractivity contribution is 0.311. The fourth-order valence-corrected chi connectivity index (χ4v) is 4.62. The van der Waals surface area contributed by atoms with Crippen molar-refractivity contribution in [2.24, 2.45) is 13.0 Å². The van der Waals surface area contributed by atoms with E-state index >= 15 is 0 Å². The summed E-state index contributed by atoms with van der Waals surface area (Å²) in [5, 5.41) is 4.02. The lowest BCUT2D eigenvalue weighted by atomic mass is 10.1. The fraction of sp³-hybridized carbons (Fsp3) is 0.286. The molecule has 4 aromatic rings. The van der Waals surface area contributed by atoms with E-state index in [-0.39, 0.29) is 22.4 Å². The van der Waals surface area contributed by atoms with Crippen LogP contribution in [0, 0.1) is 12.8 Å². The van der Waals surface area contributed by atoms with Crippen LogP contribution >= 0.6 is 0 Å². The SMILES string of the molecule is Cc1ccc(S(=O)(=O)NC(c2nc(-c3ccc4c(c3)[nH]c(=O)n4C)no2)C(C)C)cc1. The molecule has 2 aromatic carbocycles. The number of benzene rings is 2. The van der Waals surface area contributed by atoms with Crippen LogP contribution in [0.4, 0.5) is 0 Å². The lowest BCUT2D eigenvalue weighted by Gasteiger charge is -2.18. The van der Waals surface area contributed by atoms with Crippen molar-refractivity contribution in [3.8, 4) is 11.4 Å². The molecule has 0 aliphatic carbocycles. The predicted octanol–water partition coefficient (Wildman–Crippen LogP) is 2.90. The highest BCUT2D eigenvalue weighted by atomic mass is 32.2. The van der Waals surface area contributed by atoms with Gasteiger partial charge in [-0.2, -0.15) is 9.71 Å². The van der Waals surface area contributed by atoms with Gasteiger partial charge in [0.05, 0.1) is 15.9 Å². The Morgan fingerprint density at radius 2 is 1.84 bits per heavy atom. The Labute approximate surface area is 179 Å². The molecule has 0 saturated carbocycles. The molecular formula is C21H23N5O4S. The number of sulfonamides is 1. The Kier molecular flexibility index (Phi) is 5.28. The van der Waals surface area contributed by atoms with Gasteiger partial charge >= 0.3 is 5.69 Å². The number of hydrogen-bond acceptors (Lipinski definition) is 6. The van der Waals surface area contributed by atoms with E-state index in [9.17, 15) is 13.2 Å². The van der Waals surface area contributed by atoms with Crippen LogP contribution in [0.15, 0.2) is 56.7 Å². The maximum absolute atomic E-state index is 12.9. The minimum Gasteiger partial charge on any atom is -0.337 e. The van der Waals surface area contributed by atoms with Crippen molar-refractivity contribution in [2.75, 3.05) is 0 Å². The first-order valence-corrected chi connectivity index (χ1v) is 11.3. The number of aromatic nitrogens is 4. The predicted molar refractivity (Wildman–Crippen MR) is 116 cm³/mol. The first kappa shape index (κ1) is 21.0. The number of hydrogen-bond donors (Lipinski definition) is 2. The van der Waals surface area contributed by atoms with Gasteiger partial charge in [0.2, 0.25) is 21.7 Å². The third kappa shape index (κ3) is 4.04. The highest BCUT2D eigenvalue weighted by molar-refractivity contribution is 7.89. The van der Waals surface area contributed by atoms with Crippen LogP contribution in [0.3, 0.4) is 0 Å². The van der Waals surface area contributed by atoms with E-state index in [1.54, 1.807) is 49.5 Å². The lowest BCUT2D eigenvalue weighted by Crippen LogP contribution is -2.32. The minimum absolute atomic E-state index is 0.138. The second kappa shape index (κ2) is 7.78. The smallest absolute Gasteiger partial charge is 0.326 e. The zero-order chi connectivity index (χ0) is 22.3. The van der Waals surface area contributed by atoms with Crippen LogP contribution in [-0.4, -0.2) is 28.1 Å². The Hall–Kier alpha value is -3.24. The topological polar surface area (TPSA) is 123 Å². The summed E-state index contributed by atoms with van der Waals surface area (Å²) in [6.07, 6.45) is 0. The molecule has 10 heteroatoms. The van der Waals surface area contributed by atoms with E-state index in [1.165, 1.54) is 4.57 Å². The van der Waals surface area contributed by atoms with Gasteiger partial charge in [0.1, 0.15) is 6.04 Å². The quantitative estimate of drug-likeness (QED) is 0.474. The first-order valence-electron chi connectivity index (χ1n) is 9.77. The Bertz CT molecular complexity index is 1400. The third-order valence-electron chi connectivity index (χ3n) is 5.15. The zero-order valence-electron chi connectivity index (χ0n) is 17.6. The van der Waals surface area contributed by atoms with E-state index < -0.39 is 16.1 Å². The molecule has 0 amide bonds. The molecule has 31 heavy (non-hydrogen) atoms. The number of rotatable bonds is 6. The van der Waals surface area contributed by atoms with E-state index in [0.717, 1.165) is 11.1 Å². The van der Waals surface area contributed by atoms with Crippen molar-refractivity contribution >= 4 is 21.1 Å². The van der Waals surface area contributed by atoms with E-state index in [4.69, 9.17) is 4.52 Å². The van der Waals surface area contributed by atoms with Crippen molar-refractivity contribution < 1.29 is 12.9 Å². The molecule has 0 aliphatic heterocycles. The van der Waals surface area contributed by atoms with Gasteiger partial charge in [-0.25, -0.2) is 13.2 Å². The highest BCUT2D eigenvalue weighted by Crippen LogP contribution is 2.27. The summed E-state index contributed by atoms with van der Waals surface area (Å²) in [7, 11) is -2.09. The molecule has 1 unspecified atom stereocenters. The number of aryl methyl sites for hydroxylation is 2. The summed E-state index contributed by atoms with van der Waals surface area (Å²) in [6.45, 7) is 5.63. The van der Waals surface area contributed by atoms with Crippen molar-refractivity contribution in [1.29, 1.82) is 0 Å². The number of nitrogens with one attached hydrogen (secondary N) is 2. The first-order chi connectivity index (χ1) is 14.7. The second-order valence-corrected chi connectivity index (χ2v) is 9.55. The molecule has 0 bridgehead atoms. The average molecular weight is 442 g/mol. The van der Waals surface area contributed by atoms with Crippen LogP contribution < -0.4 is 10.4 Å². The van der Waals surface area contributed by atoms with Crippen molar-refractivity contribution in [3.63, 3.8) is 0 Å². The van der Waals surface area contributed by atoms with E-state index in [1.807, 2.05) is 20.8 Å².